The quantitative estimate of drug-likeness (QED) is 0.731. The van der Waals surface area contributed by atoms with Crippen LogP contribution in [0.1, 0.15) is 17.7 Å². The third-order valence-electron chi connectivity index (χ3n) is 3.04. The number of rotatable bonds is 6. The summed E-state index contributed by atoms with van der Waals surface area (Å²) in [5.74, 6) is 0.0851. The summed E-state index contributed by atoms with van der Waals surface area (Å²) in [6.45, 7) is 0.539. The fourth-order valence-electron chi connectivity index (χ4n) is 1.82. The van der Waals surface area contributed by atoms with Crippen LogP contribution < -0.4 is 15.6 Å². The summed E-state index contributed by atoms with van der Waals surface area (Å²) in [6, 6.07) is 4.62. The van der Waals surface area contributed by atoms with Gasteiger partial charge in [0.2, 0.25) is 0 Å². The Balaban J connectivity index is 1.79. The summed E-state index contributed by atoms with van der Waals surface area (Å²) >= 11 is 1.40. The van der Waals surface area contributed by atoms with Crippen LogP contribution in [0.2, 0.25) is 0 Å². The first kappa shape index (κ1) is 14.2. The average molecular weight is 326 g/mol. The molecule has 0 amide bonds. The molecule has 1 saturated carbocycles. The van der Waals surface area contributed by atoms with Gasteiger partial charge >= 0.3 is 0 Å². The van der Waals surface area contributed by atoms with Crippen LogP contribution >= 0.6 is 11.3 Å². The van der Waals surface area contributed by atoms with E-state index in [9.17, 15) is 13.2 Å². The minimum absolute atomic E-state index is 0.0851. The highest BCUT2D eigenvalue weighted by atomic mass is 32.2. The van der Waals surface area contributed by atoms with Gasteiger partial charge in [-0.2, -0.15) is 5.10 Å². The Kier molecular flexibility index (Phi) is 3.79. The van der Waals surface area contributed by atoms with Crippen LogP contribution in [0.5, 0.6) is 0 Å². The lowest BCUT2D eigenvalue weighted by Gasteiger charge is -2.08. The number of thiophene rings is 1. The molecule has 0 aromatic carbocycles. The number of nitrogens with one attached hydrogen (secondary N) is 3. The highest BCUT2D eigenvalue weighted by molar-refractivity contribution is 7.92. The molecule has 21 heavy (non-hydrogen) atoms. The normalized spacial score (nSPS) is 15.0. The van der Waals surface area contributed by atoms with Crippen molar-refractivity contribution in [1.29, 1.82) is 0 Å². The van der Waals surface area contributed by atoms with Gasteiger partial charge in [-0.3, -0.25) is 9.52 Å². The summed E-state index contributed by atoms with van der Waals surface area (Å²) in [6.07, 6.45) is 2.29. The number of sulfonamides is 1. The van der Waals surface area contributed by atoms with E-state index in [1.165, 1.54) is 23.5 Å². The van der Waals surface area contributed by atoms with Gasteiger partial charge in [0, 0.05) is 23.5 Å². The van der Waals surface area contributed by atoms with Crippen molar-refractivity contribution in [3.05, 3.63) is 38.8 Å². The number of nitrogens with zero attached hydrogens (tertiary/aromatic N) is 1. The number of hydrogen-bond acceptors (Lipinski definition) is 6. The highest BCUT2D eigenvalue weighted by Crippen LogP contribution is 2.25. The molecule has 1 aliphatic rings. The monoisotopic (exact) mass is 326 g/mol. The summed E-state index contributed by atoms with van der Waals surface area (Å²) in [5, 5.41) is 10.9. The second kappa shape index (κ2) is 5.58. The van der Waals surface area contributed by atoms with E-state index >= 15 is 0 Å². The van der Waals surface area contributed by atoms with Crippen molar-refractivity contribution in [2.45, 2.75) is 30.3 Å². The summed E-state index contributed by atoms with van der Waals surface area (Å²) < 4.78 is 27.1. The van der Waals surface area contributed by atoms with Gasteiger partial charge < -0.3 is 5.32 Å². The Bertz CT molecular complexity index is 772. The molecule has 2 heterocycles. The van der Waals surface area contributed by atoms with Crippen molar-refractivity contribution in [2.75, 3.05) is 4.72 Å². The maximum absolute atomic E-state index is 12.4. The Hall–Kier alpha value is -1.71. The molecular weight excluding hydrogens is 312 g/mol. The molecule has 2 aromatic rings. The van der Waals surface area contributed by atoms with Crippen LogP contribution in [0.4, 0.5) is 5.82 Å². The highest BCUT2D eigenvalue weighted by Gasteiger charge is 2.24. The first-order chi connectivity index (χ1) is 10.0. The number of aromatic amines is 1. The van der Waals surface area contributed by atoms with Gasteiger partial charge in [0.05, 0.1) is 0 Å². The predicted molar refractivity (Wildman–Crippen MR) is 79.8 cm³/mol. The molecule has 112 valence electrons. The fraction of sp³-hybridized carbons (Fsp3) is 0.333. The van der Waals surface area contributed by atoms with E-state index in [2.05, 4.69) is 20.2 Å². The smallest absolute Gasteiger partial charge is 0.264 e. The third kappa shape index (κ3) is 3.49. The molecule has 9 heteroatoms. The van der Waals surface area contributed by atoms with Crippen LogP contribution in [0.3, 0.4) is 0 Å². The molecule has 0 spiro atoms. The van der Waals surface area contributed by atoms with E-state index in [4.69, 9.17) is 0 Å². The van der Waals surface area contributed by atoms with Crippen molar-refractivity contribution >= 4 is 27.2 Å². The zero-order valence-electron chi connectivity index (χ0n) is 11.0. The summed E-state index contributed by atoms with van der Waals surface area (Å²) in [4.78, 5) is 11.9. The van der Waals surface area contributed by atoms with Gasteiger partial charge in [0.15, 0.2) is 5.82 Å². The summed E-state index contributed by atoms with van der Waals surface area (Å²) in [7, 11) is -3.71. The minimum atomic E-state index is -3.71. The van der Waals surface area contributed by atoms with Crippen LogP contribution in [0.25, 0.3) is 0 Å². The van der Waals surface area contributed by atoms with E-state index in [-0.39, 0.29) is 16.3 Å². The maximum atomic E-state index is 12.4. The van der Waals surface area contributed by atoms with E-state index in [0.717, 1.165) is 17.7 Å². The summed E-state index contributed by atoms with van der Waals surface area (Å²) in [5.41, 5.74) is -0.386. The van der Waals surface area contributed by atoms with Gasteiger partial charge in [0.25, 0.3) is 15.6 Å². The van der Waals surface area contributed by atoms with Gasteiger partial charge in [-0.1, -0.05) is 0 Å². The van der Waals surface area contributed by atoms with Crippen LogP contribution in [0, 0.1) is 0 Å². The van der Waals surface area contributed by atoms with Crippen molar-refractivity contribution in [1.82, 2.24) is 15.5 Å². The molecule has 0 unspecified atom stereocenters. The van der Waals surface area contributed by atoms with Gasteiger partial charge in [-0.05, 0) is 30.4 Å². The molecule has 0 aliphatic heterocycles. The standard InChI is InChI=1S/C12H14N4O3S2/c17-12-4-3-11(14-15-12)16-21(18,19)10-5-6-20-9(10)7-13-8-1-2-8/h3-6,8,13H,1-2,7H2,(H,14,16)(H,15,17). The number of anilines is 1. The average Bonchev–Trinajstić information content (AvgIpc) is 3.14. The molecule has 3 N–H and O–H groups in total. The zero-order valence-corrected chi connectivity index (χ0v) is 12.6. The maximum Gasteiger partial charge on any atom is 0.264 e. The van der Waals surface area contributed by atoms with E-state index in [1.807, 2.05) is 0 Å². The second-order valence-corrected chi connectivity index (χ2v) is 7.43. The fourth-order valence-corrected chi connectivity index (χ4v) is 4.21. The molecular formula is C12H14N4O3S2. The number of hydrogen-bond donors (Lipinski definition) is 3. The number of aromatic nitrogens is 2. The minimum Gasteiger partial charge on any atom is -0.309 e. The Morgan fingerprint density at radius 2 is 2.14 bits per heavy atom. The Morgan fingerprint density at radius 1 is 1.33 bits per heavy atom. The SMILES string of the molecule is O=c1ccc(NS(=O)(=O)c2ccsc2CNC2CC2)n[nH]1. The molecule has 0 bridgehead atoms. The van der Waals surface area contributed by atoms with Crippen LogP contribution in [0.15, 0.2) is 33.3 Å². The van der Waals surface area contributed by atoms with Crippen LogP contribution in [-0.2, 0) is 16.6 Å². The van der Waals surface area contributed by atoms with Crippen molar-refractivity contribution in [3.63, 3.8) is 0 Å². The Morgan fingerprint density at radius 3 is 2.81 bits per heavy atom. The molecule has 2 aromatic heterocycles. The Labute approximate surface area is 125 Å². The topological polar surface area (TPSA) is 104 Å². The van der Waals surface area contributed by atoms with E-state index < -0.39 is 10.0 Å². The van der Waals surface area contributed by atoms with Gasteiger partial charge in [-0.25, -0.2) is 13.5 Å². The van der Waals surface area contributed by atoms with E-state index in [0.29, 0.717) is 12.6 Å². The molecule has 0 saturated heterocycles. The van der Waals surface area contributed by atoms with Gasteiger partial charge in [0.1, 0.15) is 4.90 Å². The van der Waals surface area contributed by atoms with Gasteiger partial charge in [-0.15, -0.1) is 11.3 Å². The second-order valence-electron chi connectivity index (χ2n) is 4.78. The third-order valence-corrected chi connectivity index (χ3v) is 5.53. The lowest BCUT2D eigenvalue weighted by molar-refractivity contribution is 0.598. The molecule has 0 atom stereocenters. The lowest BCUT2D eigenvalue weighted by atomic mass is 10.4. The van der Waals surface area contributed by atoms with Crippen molar-refractivity contribution < 1.29 is 8.42 Å². The van der Waals surface area contributed by atoms with Crippen molar-refractivity contribution in [2.24, 2.45) is 0 Å². The van der Waals surface area contributed by atoms with E-state index in [1.54, 1.807) is 11.4 Å². The lowest BCUT2D eigenvalue weighted by Crippen LogP contribution is -2.20. The first-order valence-electron chi connectivity index (χ1n) is 6.43. The molecule has 1 aliphatic carbocycles. The zero-order chi connectivity index (χ0) is 14.9. The largest absolute Gasteiger partial charge is 0.309 e. The van der Waals surface area contributed by atoms with Crippen LogP contribution in [-0.4, -0.2) is 24.7 Å². The first-order valence-corrected chi connectivity index (χ1v) is 8.79. The number of H-pyrrole nitrogens is 1. The van der Waals surface area contributed by atoms with Crippen molar-refractivity contribution in [3.8, 4) is 0 Å². The molecule has 3 rings (SSSR count). The molecule has 0 radical (unpaired) electrons. The molecule has 7 nitrogen and oxygen atoms in total. The predicted octanol–water partition coefficient (Wildman–Crippen LogP) is 0.884. The molecule has 1 fully saturated rings.